The highest BCUT2D eigenvalue weighted by atomic mass is 16.5. The second kappa shape index (κ2) is 10.5. The van der Waals surface area contributed by atoms with Gasteiger partial charge in [0, 0.05) is 46.4 Å². The van der Waals surface area contributed by atoms with Crippen LogP contribution in [0.25, 0.3) is 0 Å². The average Bonchev–Trinajstić information content (AvgIpc) is 2.30. The van der Waals surface area contributed by atoms with Crippen LogP contribution >= 0.6 is 0 Å². The maximum Gasteiger partial charge on any atom is 0.303 e. The van der Waals surface area contributed by atoms with E-state index in [-0.39, 0.29) is 12.5 Å². The molecule has 0 saturated carbocycles. The van der Waals surface area contributed by atoms with Gasteiger partial charge in [-0.15, -0.1) is 0 Å². The largest absolute Gasteiger partial charge is 0.481 e. The third kappa shape index (κ3) is 9.09. The van der Waals surface area contributed by atoms with Gasteiger partial charge in [0.05, 0.1) is 6.61 Å². The minimum absolute atomic E-state index is 0.217. The molecule has 1 N–H and O–H groups in total. The summed E-state index contributed by atoms with van der Waals surface area (Å²) in [6.45, 7) is 5.21. The summed E-state index contributed by atoms with van der Waals surface area (Å²) >= 11 is 0. The first kappa shape index (κ1) is 16.4. The zero-order valence-corrected chi connectivity index (χ0v) is 11.1. The monoisotopic (exact) mass is 247 g/mol. The molecule has 0 heterocycles. The van der Waals surface area contributed by atoms with Gasteiger partial charge in [0.25, 0.3) is 0 Å². The number of methoxy groups -OCH3 is 2. The van der Waals surface area contributed by atoms with Gasteiger partial charge in [0.2, 0.25) is 0 Å². The van der Waals surface area contributed by atoms with E-state index in [4.69, 9.17) is 14.6 Å². The lowest BCUT2D eigenvalue weighted by Gasteiger charge is -2.28. The number of nitrogens with zero attached hydrogens (tertiary/aromatic N) is 1. The average molecular weight is 247 g/mol. The van der Waals surface area contributed by atoms with Crippen LogP contribution in [0.15, 0.2) is 0 Å². The summed E-state index contributed by atoms with van der Waals surface area (Å²) < 4.78 is 10.1. The molecule has 0 aliphatic heterocycles. The van der Waals surface area contributed by atoms with Gasteiger partial charge in [-0.05, 0) is 19.8 Å². The van der Waals surface area contributed by atoms with E-state index >= 15 is 0 Å². The molecule has 0 rings (SSSR count). The summed E-state index contributed by atoms with van der Waals surface area (Å²) in [5, 5.41) is 8.67. The van der Waals surface area contributed by atoms with Gasteiger partial charge in [0.15, 0.2) is 0 Å². The Bertz CT molecular complexity index is 199. The minimum Gasteiger partial charge on any atom is -0.481 e. The van der Waals surface area contributed by atoms with Crippen molar-refractivity contribution in [1.29, 1.82) is 0 Å². The summed E-state index contributed by atoms with van der Waals surface area (Å²) in [7, 11) is 3.36. The molecule has 0 aromatic heterocycles. The van der Waals surface area contributed by atoms with E-state index in [1.165, 1.54) is 0 Å². The van der Waals surface area contributed by atoms with Crippen molar-refractivity contribution >= 4 is 5.97 Å². The summed E-state index contributed by atoms with van der Waals surface area (Å²) in [5.74, 6) is -0.736. The van der Waals surface area contributed by atoms with E-state index in [0.717, 1.165) is 26.1 Å². The van der Waals surface area contributed by atoms with Crippen molar-refractivity contribution in [1.82, 2.24) is 4.90 Å². The number of carbonyl (C=O) groups is 1. The molecule has 0 amide bonds. The van der Waals surface area contributed by atoms with Crippen LogP contribution in [0.5, 0.6) is 0 Å². The zero-order valence-electron chi connectivity index (χ0n) is 11.1. The Hall–Kier alpha value is -0.650. The number of ether oxygens (including phenoxy) is 2. The SMILES string of the molecule is COCCCN(CCOC)C(C)CCC(=O)O. The zero-order chi connectivity index (χ0) is 13.1. The van der Waals surface area contributed by atoms with Crippen molar-refractivity contribution in [3.8, 4) is 0 Å². The standard InChI is InChI=1S/C12H25NO4/c1-11(5-6-12(14)15)13(8-10-17-3)7-4-9-16-2/h11H,4-10H2,1-3H3,(H,14,15). The highest BCUT2D eigenvalue weighted by Gasteiger charge is 2.14. The maximum atomic E-state index is 10.5. The highest BCUT2D eigenvalue weighted by molar-refractivity contribution is 5.66. The number of hydrogen-bond acceptors (Lipinski definition) is 4. The molecule has 0 bridgehead atoms. The van der Waals surface area contributed by atoms with Gasteiger partial charge >= 0.3 is 5.97 Å². The van der Waals surface area contributed by atoms with Crippen molar-refractivity contribution < 1.29 is 19.4 Å². The van der Waals surface area contributed by atoms with Gasteiger partial charge in [-0.1, -0.05) is 0 Å². The molecule has 5 heteroatoms. The van der Waals surface area contributed by atoms with Gasteiger partial charge < -0.3 is 14.6 Å². The Balaban J connectivity index is 3.99. The molecule has 0 aliphatic rings. The molecule has 102 valence electrons. The van der Waals surface area contributed by atoms with E-state index in [1.807, 2.05) is 0 Å². The van der Waals surface area contributed by atoms with Crippen LogP contribution in [0.1, 0.15) is 26.2 Å². The lowest BCUT2D eigenvalue weighted by atomic mass is 10.1. The second-order valence-corrected chi connectivity index (χ2v) is 4.16. The normalized spacial score (nSPS) is 12.9. The third-order valence-corrected chi connectivity index (χ3v) is 2.78. The smallest absolute Gasteiger partial charge is 0.303 e. The number of hydrogen-bond donors (Lipinski definition) is 1. The lowest BCUT2D eigenvalue weighted by Crippen LogP contribution is -2.37. The molecule has 0 radical (unpaired) electrons. The Kier molecular flexibility index (Phi) is 10.1. The third-order valence-electron chi connectivity index (χ3n) is 2.78. The summed E-state index contributed by atoms with van der Waals surface area (Å²) in [4.78, 5) is 12.8. The van der Waals surface area contributed by atoms with E-state index in [0.29, 0.717) is 13.0 Å². The van der Waals surface area contributed by atoms with Crippen LogP contribution in [0, 0.1) is 0 Å². The predicted octanol–water partition coefficient (Wildman–Crippen LogP) is 1.22. The number of aliphatic carboxylic acids is 1. The predicted molar refractivity (Wildman–Crippen MR) is 66.3 cm³/mol. The molecule has 0 aliphatic carbocycles. The van der Waals surface area contributed by atoms with Crippen LogP contribution in [0.4, 0.5) is 0 Å². The van der Waals surface area contributed by atoms with Gasteiger partial charge in [0.1, 0.15) is 0 Å². The fourth-order valence-electron chi connectivity index (χ4n) is 1.69. The number of rotatable bonds is 11. The Morgan fingerprint density at radius 1 is 1.24 bits per heavy atom. The van der Waals surface area contributed by atoms with Crippen LogP contribution < -0.4 is 0 Å². The Labute approximate surface area is 104 Å². The number of carboxylic acid groups (broad SMARTS) is 1. The van der Waals surface area contributed by atoms with Crippen LogP contribution in [-0.2, 0) is 14.3 Å². The summed E-state index contributed by atoms with van der Waals surface area (Å²) in [6.07, 6.45) is 1.85. The van der Waals surface area contributed by atoms with E-state index < -0.39 is 5.97 Å². The van der Waals surface area contributed by atoms with Gasteiger partial charge in [-0.2, -0.15) is 0 Å². The first-order valence-electron chi connectivity index (χ1n) is 6.05. The Morgan fingerprint density at radius 2 is 1.88 bits per heavy atom. The quantitative estimate of drug-likeness (QED) is 0.556. The highest BCUT2D eigenvalue weighted by Crippen LogP contribution is 2.07. The van der Waals surface area contributed by atoms with E-state index in [9.17, 15) is 4.79 Å². The molecular weight excluding hydrogens is 222 g/mol. The van der Waals surface area contributed by atoms with Crippen molar-refractivity contribution in [3.05, 3.63) is 0 Å². The summed E-state index contributed by atoms with van der Waals surface area (Å²) in [6, 6.07) is 0.262. The van der Waals surface area contributed by atoms with Crippen LogP contribution in [-0.4, -0.2) is 62.5 Å². The molecule has 1 unspecified atom stereocenters. The number of carboxylic acids is 1. The fraction of sp³-hybridized carbons (Fsp3) is 0.917. The first-order valence-corrected chi connectivity index (χ1v) is 6.05. The van der Waals surface area contributed by atoms with Gasteiger partial charge in [-0.3, -0.25) is 9.69 Å². The molecule has 0 aromatic carbocycles. The maximum absolute atomic E-state index is 10.5. The molecule has 0 fully saturated rings. The molecule has 5 nitrogen and oxygen atoms in total. The summed E-state index contributed by atoms with van der Waals surface area (Å²) in [5.41, 5.74) is 0. The first-order chi connectivity index (χ1) is 8.11. The Morgan fingerprint density at radius 3 is 2.41 bits per heavy atom. The van der Waals surface area contributed by atoms with E-state index in [2.05, 4.69) is 11.8 Å². The minimum atomic E-state index is -0.736. The molecule has 0 aromatic rings. The second-order valence-electron chi connectivity index (χ2n) is 4.16. The van der Waals surface area contributed by atoms with Crippen molar-refractivity contribution in [2.24, 2.45) is 0 Å². The van der Waals surface area contributed by atoms with Crippen molar-refractivity contribution in [3.63, 3.8) is 0 Å². The molecule has 0 spiro atoms. The van der Waals surface area contributed by atoms with Crippen molar-refractivity contribution in [2.75, 3.05) is 40.5 Å². The van der Waals surface area contributed by atoms with Crippen LogP contribution in [0.3, 0.4) is 0 Å². The van der Waals surface area contributed by atoms with Crippen LogP contribution in [0.2, 0.25) is 0 Å². The van der Waals surface area contributed by atoms with E-state index in [1.54, 1.807) is 14.2 Å². The molecular formula is C12H25NO4. The lowest BCUT2D eigenvalue weighted by molar-refractivity contribution is -0.137. The molecule has 0 saturated heterocycles. The van der Waals surface area contributed by atoms with Crippen molar-refractivity contribution in [2.45, 2.75) is 32.2 Å². The molecule has 1 atom stereocenters. The molecule has 17 heavy (non-hydrogen) atoms. The van der Waals surface area contributed by atoms with Gasteiger partial charge in [-0.25, -0.2) is 0 Å². The fourth-order valence-corrected chi connectivity index (χ4v) is 1.69. The topological polar surface area (TPSA) is 59.0 Å².